The van der Waals surface area contributed by atoms with Crippen LogP contribution in [0.15, 0.2) is 11.6 Å². The van der Waals surface area contributed by atoms with Crippen molar-refractivity contribution in [1.82, 2.24) is 0 Å². The van der Waals surface area contributed by atoms with Crippen molar-refractivity contribution in [2.24, 2.45) is 62.6 Å². The molecule has 6 N–H and O–H groups in total. The minimum absolute atomic E-state index is 0.0311. The van der Waals surface area contributed by atoms with Crippen LogP contribution in [0, 0.1) is 62.6 Å². The van der Waals surface area contributed by atoms with E-state index in [2.05, 4.69) is 54.5 Å². The highest BCUT2D eigenvalue weighted by Crippen LogP contribution is 2.75. The molecule has 69 heavy (non-hydrogen) atoms. The van der Waals surface area contributed by atoms with Crippen LogP contribution in [0.4, 0.5) is 0 Å². The van der Waals surface area contributed by atoms with Crippen molar-refractivity contribution in [3.05, 3.63) is 11.6 Å². The fourth-order valence-corrected chi connectivity index (χ4v) is 15.5. The molecular formula is C53H88O16. The molecule has 1 unspecified atom stereocenters. The SMILES string of the molecule is CCCC1(C(=O)O[C@H](OC)[C@@H](C)O[C@@H]2O[C@@H](C)[C@H](O[C@@H]3OC[C@@H](C)C[C@H]3C)[C@@H](O[C@H]3O[C@H](CO)[C@@H](O)[C@H](O)[C@H]3O)[C@H]2O)[C@H](O)C[C@]2(C)C(=CC[C@@H]3[C@@]4(C)CC[C@H](C)[C@@](C)(C=O)[C@@H]4CC[C@]32C)[C@@H]1CC. The first-order chi connectivity index (χ1) is 32.5. The number of ether oxygens (including phenoxy) is 8. The molecule has 0 radical (unpaired) electrons. The van der Waals surface area contributed by atoms with Crippen LogP contribution in [-0.2, 0) is 47.5 Å². The molecule has 7 rings (SSSR count). The second kappa shape index (κ2) is 20.9. The topological polar surface area (TPSA) is 229 Å². The Hall–Kier alpha value is -1.64. The van der Waals surface area contributed by atoms with Crippen molar-refractivity contribution in [3.8, 4) is 0 Å². The molecule has 7 aliphatic rings. The van der Waals surface area contributed by atoms with E-state index in [9.17, 15) is 35.4 Å². The fraction of sp³-hybridized carbons (Fsp3) is 0.925. The van der Waals surface area contributed by atoms with Crippen molar-refractivity contribution in [3.63, 3.8) is 0 Å². The number of allylic oxidation sites excluding steroid dienone is 2. The van der Waals surface area contributed by atoms with Crippen molar-refractivity contribution < 1.29 is 78.1 Å². The molecule has 0 spiro atoms. The van der Waals surface area contributed by atoms with Crippen molar-refractivity contribution in [2.45, 2.75) is 227 Å². The molecule has 16 nitrogen and oxygen atoms in total. The van der Waals surface area contributed by atoms with Crippen LogP contribution in [0.1, 0.15) is 140 Å². The van der Waals surface area contributed by atoms with Crippen LogP contribution in [-0.4, -0.2) is 149 Å². The molecule has 0 aromatic carbocycles. The summed E-state index contributed by atoms with van der Waals surface area (Å²) in [5, 5.41) is 66.8. The van der Waals surface area contributed by atoms with Gasteiger partial charge in [-0.15, -0.1) is 0 Å². The van der Waals surface area contributed by atoms with Gasteiger partial charge in [-0.2, -0.15) is 0 Å². The summed E-state index contributed by atoms with van der Waals surface area (Å²) >= 11 is 0. The zero-order chi connectivity index (χ0) is 50.8. The van der Waals surface area contributed by atoms with Gasteiger partial charge in [-0.05, 0) is 117 Å². The number of aliphatic hydroxyl groups is 6. The standard InChI is InChI=1S/C53H88O16/c1-13-19-53(32(14-2)33-15-16-36-49(8)20-17-29(5)50(9,26-55)35(49)18-21-51(36,10)52(33,11)23-37(53)56)48(61)69-45(62-12)31(7)65-47-41(60)43(68-46-40(59)39(58)38(57)34(24-54)66-46)42(30(6)64-47)67-44-28(4)22-27(3)25-63-44/h15,26-32,34-47,54,56-60H,13-14,16-25H2,1-12H3/t27-,28+,29-,30-,31+,32-,34+,35+,36+,37+,38+,39-,40+,41+,42-,43-,44-,45-,46+,47-,49-,50+,51+,52+,53?/m0/s1. The van der Waals surface area contributed by atoms with E-state index in [1.54, 1.807) is 13.8 Å². The number of esters is 1. The summed E-state index contributed by atoms with van der Waals surface area (Å²) in [5.74, 6) is 0.233. The Labute approximate surface area is 410 Å². The van der Waals surface area contributed by atoms with Gasteiger partial charge in [0.1, 0.15) is 60.5 Å². The maximum absolute atomic E-state index is 15.2. The third-order valence-electron chi connectivity index (χ3n) is 19.8. The minimum atomic E-state index is -1.77. The average Bonchev–Trinajstić information content (AvgIpc) is 3.30. The summed E-state index contributed by atoms with van der Waals surface area (Å²) < 4.78 is 49.3. The van der Waals surface area contributed by atoms with Crippen LogP contribution in [0.2, 0.25) is 0 Å². The lowest BCUT2D eigenvalue weighted by atomic mass is 9.33. The Morgan fingerprint density at radius 3 is 2.20 bits per heavy atom. The van der Waals surface area contributed by atoms with E-state index in [1.807, 2.05) is 13.8 Å². The quantitative estimate of drug-likeness (QED) is 0.0537. The lowest BCUT2D eigenvalue weighted by molar-refractivity contribution is -0.380. The molecule has 3 heterocycles. The van der Waals surface area contributed by atoms with Gasteiger partial charge in [-0.1, -0.05) is 80.4 Å². The van der Waals surface area contributed by atoms with Crippen LogP contribution in [0.25, 0.3) is 0 Å². The number of rotatable bonds is 15. The van der Waals surface area contributed by atoms with Gasteiger partial charge in [-0.25, -0.2) is 0 Å². The molecule has 396 valence electrons. The van der Waals surface area contributed by atoms with Gasteiger partial charge in [0.25, 0.3) is 0 Å². The van der Waals surface area contributed by atoms with Crippen LogP contribution in [0.3, 0.4) is 0 Å². The zero-order valence-corrected chi connectivity index (χ0v) is 43.5. The molecule has 0 bridgehead atoms. The fourth-order valence-electron chi connectivity index (χ4n) is 15.5. The minimum Gasteiger partial charge on any atom is -0.432 e. The lowest BCUT2D eigenvalue weighted by Crippen LogP contribution is -2.66. The van der Waals surface area contributed by atoms with E-state index in [0.717, 1.165) is 38.5 Å². The number of methoxy groups -OCH3 is 1. The second-order valence-corrected chi connectivity index (χ2v) is 23.7. The van der Waals surface area contributed by atoms with E-state index in [1.165, 1.54) is 19.0 Å². The normalized spacial score (nSPS) is 51.0. The molecule has 3 aliphatic heterocycles. The molecule has 16 heteroatoms. The summed E-state index contributed by atoms with van der Waals surface area (Å²) in [5.41, 5.74) is -1.14. The van der Waals surface area contributed by atoms with Gasteiger partial charge in [0, 0.05) is 18.4 Å². The van der Waals surface area contributed by atoms with Gasteiger partial charge in [-0.3, -0.25) is 4.79 Å². The molecule has 3 saturated heterocycles. The van der Waals surface area contributed by atoms with Gasteiger partial charge in [0.05, 0.1) is 25.4 Å². The summed E-state index contributed by atoms with van der Waals surface area (Å²) in [6, 6.07) is 0. The van der Waals surface area contributed by atoms with E-state index < -0.39 is 115 Å². The van der Waals surface area contributed by atoms with Crippen molar-refractivity contribution in [2.75, 3.05) is 20.3 Å². The summed E-state index contributed by atoms with van der Waals surface area (Å²) in [4.78, 5) is 28.0. The number of hydrogen-bond donors (Lipinski definition) is 6. The molecule has 0 amide bonds. The number of carbonyl (C=O) groups excluding carboxylic acids is 2. The van der Waals surface area contributed by atoms with Gasteiger partial charge < -0.3 is 73.3 Å². The monoisotopic (exact) mass is 981 g/mol. The van der Waals surface area contributed by atoms with Crippen molar-refractivity contribution >= 4 is 12.3 Å². The summed E-state index contributed by atoms with van der Waals surface area (Å²) in [6.45, 7) is 22.8. The predicted molar refractivity (Wildman–Crippen MR) is 252 cm³/mol. The van der Waals surface area contributed by atoms with E-state index in [0.29, 0.717) is 50.0 Å². The Morgan fingerprint density at radius 2 is 1.58 bits per heavy atom. The van der Waals surface area contributed by atoms with Crippen LogP contribution >= 0.6 is 0 Å². The molecular weight excluding hydrogens is 893 g/mol. The first kappa shape index (κ1) is 55.1. The molecule has 6 fully saturated rings. The Kier molecular flexibility index (Phi) is 16.7. The first-order valence-corrected chi connectivity index (χ1v) is 26.3. The third-order valence-corrected chi connectivity index (χ3v) is 19.8. The Morgan fingerprint density at radius 1 is 0.884 bits per heavy atom. The maximum Gasteiger partial charge on any atom is 0.317 e. The second-order valence-electron chi connectivity index (χ2n) is 23.7. The summed E-state index contributed by atoms with van der Waals surface area (Å²) in [6.07, 6.45) is -7.19. The highest BCUT2D eigenvalue weighted by molar-refractivity contribution is 5.79. The molecule has 0 aromatic heterocycles. The van der Waals surface area contributed by atoms with Gasteiger partial charge >= 0.3 is 5.97 Å². The zero-order valence-electron chi connectivity index (χ0n) is 43.5. The number of aldehydes is 1. The first-order valence-electron chi connectivity index (χ1n) is 26.3. The van der Waals surface area contributed by atoms with E-state index in [4.69, 9.17) is 37.9 Å². The van der Waals surface area contributed by atoms with E-state index >= 15 is 4.79 Å². The number of aliphatic hydroxyl groups excluding tert-OH is 6. The third kappa shape index (κ3) is 9.15. The predicted octanol–water partition coefficient (Wildman–Crippen LogP) is 5.19. The highest BCUT2D eigenvalue weighted by atomic mass is 16.8. The smallest absolute Gasteiger partial charge is 0.317 e. The molecule has 0 aromatic rings. The van der Waals surface area contributed by atoms with Crippen LogP contribution in [0.5, 0.6) is 0 Å². The average molecular weight is 981 g/mol. The highest BCUT2D eigenvalue weighted by Gasteiger charge is 2.70. The molecule has 25 atom stereocenters. The van der Waals surface area contributed by atoms with Crippen molar-refractivity contribution in [1.29, 1.82) is 0 Å². The van der Waals surface area contributed by atoms with Gasteiger partial charge in [0.15, 0.2) is 18.9 Å². The van der Waals surface area contributed by atoms with Gasteiger partial charge in [0.2, 0.25) is 6.29 Å². The molecule has 4 aliphatic carbocycles. The summed E-state index contributed by atoms with van der Waals surface area (Å²) in [7, 11) is 1.39. The number of hydrogen-bond acceptors (Lipinski definition) is 16. The largest absolute Gasteiger partial charge is 0.432 e. The lowest BCUT2D eigenvalue weighted by Gasteiger charge is -2.71. The Bertz CT molecular complexity index is 1820. The number of carbonyl (C=O) groups is 2. The van der Waals surface area contributed by atoms with Crippen LogP contribution < -0.4 is 0 Å². The Balaban J connectivity index is 1.12. The number of fused-ring (bicyclic) bond motifs is 5. The molecule has 3 saturated carbocycles. The van der Waals surface area contributed by atoms with E-state index in [-0.39, 0.29) is 28.6 Å². The maximum atomic E-state index is 15.2.